The van der Waals surface area contributed by atoms with Crippen LogP contribution in [0.4, 0.5) is 5.82 Å². The number of hydrogen-bond donors (Lipinski definition) is 2. The number of rotatable bonds is 7. The van der Waals surface area contributed by atoms with Gasteiger partial charge in [0.25, 0.3) is 0 Å². The summed E-state index contributed by atoms with van der Waals surface area (Å²) < 4.78 is 12.5. The van der Waals surface area contributed by atoms with E-state index < -0.39 is 0 Å². The van der Waals surface area contributed by atoms with Gasteiger partial charge in [0, 0.05) is 11.5 Å². The fourth-order valence-electron chi connectivity index (χ4n) is 3.79. The standard InChI is InChI=1S/C20H28N4O3.ClH/c1-13-11-22-24(12-14-7-8-17(26-2)18(9-14)27-3)19(13)23-20(25)16-6-4-5-15(16)10-21;/h7-9,11,15-16H,4-6,10,12,21H2,1-3H3,(H,23,25);1H/t15-,16-;/m1./s1. The Balaban J connectivity index is 0.00000280. The Morgan fingerprint density at radius 1 is 1.29 bits per heavy atom. The number of carbonyl (C=O) groups is 1. The van der Waals surface area contributed by atoms with Gasteiger partial charge in [-0.25, -0.2) is 4.68 Å². The Kier molecular flexibility index (Phi) is 7.71. The largest absolute Gasteiger partial charge is 0.493 e. The summed E-state index contributed by atoms with van der Waals surface area (Å²) in [7, 11) is 3.22. The predicted molar refractivity (Wildman–Crippen MR) is 111 cm³/mol. The highest BCUT2D eigenvalue weighted by atomic mass is 35.5. The van der Waals surface area contributed by atoms with Crippen LogP contribution in [0.3, 0.4) is 0 Å². The topological polar surface area (TPSA) is 91.4 Å². The molecule has 1 fully saturated rings. The molecule has 154 valence electrons. The minimum absolute atomic E-state index is 0. The summed E-state index contributed by atoms with van der Waals surface area (Å²) in [5.74, 6) is 2.38. The Labute approximate surface area is 172 Å². The van der Waals surface area contributed by atoms with Crippen molar-refractivity contribution in [3.05, 3.63) is 35.5 Å². The molecule has 1 aromatic carbocycles. The molecule has 0 unspecified atom stereocenters. The Hall–Kier alpha value is -2.25. The number of aromatic nitrogens is 2. The van der Waals surface area contributed by atoms with Crippen LogP contribution in [0, 0.1) is 18.8 Å². The van der Waals surface area contributed by atoms with Crippen LogP contribution in [0.5, 0.6) is 11.5 Å². The smallest absolute Gasteiger partial charge is 0.228 e. The number of aryl methyl sites for hydroxylation is 1. The second-order valence-corrected chi connectivity index (χ2v) is 7.05. The molecule has 1 heterocycles. The lowest BCUT2D eigenvalue weighted by molar-refractivity contribution is -0.120. The Bertz CT molecular complexity index is 809. The molecule has 8 heteroatoms. The molecule has 0 saturated heterocycles. The molecule has 28 heavy (non-hydrogen) atoms. The molecule has 2 aromatic rings. The highest BCUT2D eigenvalue weighted by Gasteiger charge is 2.32. The van der Waals surface area contributed by atoms with E-state index >= 15 is 0 Å². The van der Waals surface area contributed by atoms with Crippen molar-refractivity contribution in [2.24, 2.45) is 17.6 Å². The maximum absolute atomic E-state index is 12.8. The summed E-state index contributed by atoms with van der Waals surface area (Å²) in [6, 6.07) is 5.75. The molecule has 3 rings (SSSR count). The second-order valence-electron chi connectivity index (χ2n) is 7.05. The molecule has 0 aliphatic heterocycles. The first-order valence-electron chi connectivity index (χ1n) is 9.31. The van der Waals surface area contributed by atoms with Crippen molar-refractivity contribution in [3.63, 3.8) is 0 Å². The second kappa shape index (κ2) is 9.80. The van der Waals surface area contributed by atoms with Crippen LogP contribution in [0.1, 0.15) is 30.4 Å². The number of methoxy groups -OCH3 is 2. The first kappa shape index (κ1) is 22.0. The van der Waals surface area contributed by atoms with E-state index in [1.54, 1.807) is 25.1 Å². The third kappa shape index (κ3) is 4.59. The van der Waals surface area contributed by atoms with Crippen molar-refractivity contribution in [2.75, 3.05) is 26.1 Å². The first-order valence-corrected chi connectivity index (χ1v) is 9.31. The molecule has 1 aliphatic rings. The molecule has 7 nitrogen and oxygen atoms in total. The molecule has 1 amide bonds. The van der Waals surface area contributed by atoms with E-state index in [4.69, 9.17) is 15.2 Å². The monoisotopic (exact) mass is 408 g/mol. The lowest BCUT2D eigenvalue weighted by Gasteiger charge is -2.18. The van der Waals surface area contributed by atoms with Crippen LogP contribution in [0.2, 0.25) is 0 Å². The quantitative estimate of drug-likeness (QED) is 0.734. The average Bonchev–Trinajstić information content (AvgIpc) is 3.29. The van der Waals surface area contributed by atoms with E-state index in [9.17, 15) is 4.79 Å². The lowest BCUT2D eigenvalue weighted by Crippen LogP contribution is -2.30. The van der Waals surface area contributed by atoms with Crippen LogP contribution in [0.25, 0.3) is 0 Å². The number of benzene rings is 1. The van der Waals surface area contributed by atoms with E-state index in [-0.39, 0.29) is 30.2 Å². The zero-order valence-electron chi connectivity index (χ0n) is 16.6. The fraction of sp³-hybridized carbons (Fsp3) is 0.500. The zero-order valence-corrected chi connectivity index (χ0v) is 17.4. The van der Waals surface area contributed by atoms with Crippen LogP contribution in [0.15, 0.2) is 24.4 Å². The van der Waals surface area contributed by atoms with Gasteiger partial charge in [-0.3, -0.25) is 4.79 Å². The molecule has 1 saturated carbocycles. The molecule has 0 spiro atoms. The van der Waals surface area contributed by atoms with Crippen molar-refractivity contribution in [1.29, 1.82) is 0 Å². The molecule has 2 atom stereocenters. The predicted octanol–water partition coefficient (Wildman–Crippen LogP) is 2.99. The lowest BCUT2D eigenvalue weighted by atomic mass is 9.95. The van der Waals surface area contributed by atoms with E-state index in [0.29, 0.717) is 24.6 Å². The van der Waals surface area contributed by atoms with Gasteiger partial charge >= 0.3 is 0 Å². The van der Waals surface area contributed by atoms with Crippen LogP contribution in [-0.4, -0.2) is 36.5 Å². The number of nitrogens with one attached hydrogen (secondary N) is 1. The van der Waals surface area contributed by atoms with E-state index in [2.05, 4.69) is 10.4 Å². The van der Waals surface area contributed by atoms with Gasteiger partial charge in [0.2, 0.25) is 5.91 Å². The summed E-state index contributed by atoms with van der Waals surface area (Å²) >= 11 is 0. The van der Waals surface area contributed by atoms with Gasteiger partial charge in [-0.1, -0.05) is 12.5 Å². The minimum Gasteiger partial charge on any atom is -0.493 e. The number of halogens is 1. The summed E-state index contributed by atoms with van der Waals surface area (Å²) in [6.45, 7) is 3.03. The van der Waals surface area contributed by atoms with E-state index in [1.807, 2.05) is 25.1 Å². The maximum atomic E-state index is 12.8. The van der Waals surface area contributed by atoms with E-state index in [0.717, 1.165) is 36.2 Å². The number of nitrogens with two attached hydrogens (primary N) is 1. The number of carbonyl (C=O) groups excluding carboxylic acids is 1. The van der Waals surface area contributed by atoms with Gasteiger partial charge in [-0.05, 0) is 49.9 Å². The van der Waals surface area contributed by atoms with Crippen molar-refractivity contribution >= 4 is 24.1 Å². The Morgan fingerprint density at radius 3 is 2.71 bits per heavy atom. The molecule has 1 aliphatic carbocycles. The average molecular weight is 409 g/mol. The van der Waals surface area contributed by atoms with Gasteiger partial charge in [-0.2, -0.15) is 5.10 Å². The summed E-state index contributed by atoms with van der Waals surface area (Å²) in [4.78, 5) is 12.8. The summed E-state index contributed by atoms with van der Waals surface area (Å²) in [6.07, 6.45) is 4.75. The molecule has 1 aromatic heterocycles. The van der Waals surface area contributed by atoms with Gasteiger partial charge in [-0.15, -0.1) is 12.4 Å². The third-order valence-electron chi connectivity index (χ3n) is 5.34. The first-order chi connectivity index (χ1) is 13.1. The van der Waals surface area contributed by atoms with Gasteiger partial charge in [0.15, 0.2) is 11.5 Å². The number of amides is 1. The van der Waals surface area contributed by atoms with Gasteiger partial charge < -0.3 is 20.5 Å². The zero-order chi connectivity index (χ0) is 19.4. The highest BCUT2D eigenvalue weighted by molar-refractivity contribution is 5.92. The molecule has 3 N–H and O–H groups in total. The van der Waals surface area contributed by atoms with Crippen LogP contribution < -0.4 is 20.5 Å². The SMILES string of the molecule is COc1ccc(Cn2ncc(C)c2NC(=O)[C@@H]2CCC[C@@H]2CN)cc1OC.Cl. The molecular weight excluding hydrogens is 380 g/mol. The van der Waals surface area contributed by atoms with Gasteiger partial charge in [0.1, 0.15) is 5.82 Å². The number of nitrogens with zero attached hydrogens (tertiary/aromatic N) is 2. The van der Waals surface area contributed by atoms with Crippen molar-refractivity contribution in [1.82, 2.24) is 9.78 Å². The fourth-order valence-corrected chi connectivity index (χ4v) is 3.79. The van der Waals surface area contributed by atoms with Crippen molar-refractivity contribution in [3.8, 4) is 11.5 Å². The maximum Gasteiger partial charge on any atom is 0.228 e. The van der Waals surface area contributed by atoms with Crippen LogP contribution >= 0.6 is 12.4 Å². The number of anilines is 1. The summed E-state index contributed by atoms with van der Waals surface area (Å²) in [5, 5.41) is 7.52. The number of ether oxygens (including phenoxy) is 2. The third-order valence-corrected chi connectivity index (χ3v) is 5.34. The van der Waals surface area contributed by atoms with Gasteiger partial charge in [0.05, 0.1) is 27.0 Å². The number of hydrogen-bond acceptors (Lipinski definition) is 5. The highest BCUT2D eigenvalue weighted by Crippen LogP contribution is 2.32. The molecule has 0 radical (unpaired) electrons. The van der Waals surface area contributed by atoms with Crippen molar-refractivity contribution < 1.29 is 14.3 Å². The summed E-state index contributed by atoms with van der Waals surface area (Å²) in [5.41, 5.74) is 7.77. The Morgan fingerprint density at radius 2 is 2.04 bits per heavy atom. The van der Waals surface area contributed by atoms with Crippen molar-refractivity contribution in [2.45, 2.75) is 32.7 Å². The van der Waals surface area contributed by atoms with Crippen LogP contribution in [-0.2, 0) is 11.3 Å². The normalized spacial score (nSPS) is 18.4. The molecule has 0 bridgehead atoms. The minimum atomic E-state index is -0.0150. The molecular formula is C20H29ClN4O3. The van der Waals surface area contributed by atoms with E-state index in [1.165, 1.54) is 0 Å².